The lowest BCUT2D eigenvalue weighted by Crippen LogP contribution is -2.22. The van der Waals surface area contributed by atoms with Crippen LogP contribution in [0.3, 0.4) is 0 Å². The van der Waals surface area contributed by atoms with Gasteiger partial charge in [0, 0.05) is 11.3 Å². The molecule has 1 atom stereocenters. The van der Waals surface area contributed by atoms with E-state index < -0.39 is 30.6 Å². The van der Waals surface area contributed by atoms with E-state index in [1.165, 1.54) is 30.3 Å². The summed E-state index contributed by atoms with van der Waals surface area (Å²) in [6, 6.07) is 8.06. The van der Waals surface area contributed by atoms with Crippen LogP contribution >= 0.6 is 0 Å². The number of hydrogen-bond donors (Lipinski definition) is 3. The maximum absolute atomic E-state index is 13.4. The van der Waals surface area contributed by atoms with Crippen LogP contribution in [0.25, 0.3) is 22.4 Å². The molecule has 0 radical (unpaired) electrons. The summed E-state index contributed by atoms with van der Waals surface area (Å²) < 4.78 is 45.6. The van der Waals surface area contributed by atoms with E-state index in [0.29, 0.717) is 11.3 Å². The first kappa shape index (κ1) is 21.5. The number of ether oxygens (including phenoxy) is 1. The summed E-state index contributed by atoms with van der Waals surface area (Å²) in [5, 5.41) is 18.7. The Labute approximate surface area is 170 Å². The SMILES string of the molecule is Cc1cc(-c2c(OC[C@@H](O)CO)nc(N)nc2-c2ccc(F)cc2)cc(C(F)F)n1. The molecule has 0 aliphatic rings. The topological polar surface area (TPSA) is 114 Å². The molecule has 0 aliphatic heterocycles. The first-order valence-corrected chi connectivity index (χ1v) is 8.90. The highest BCUT2D eigenvalue weighted by atomic mass is 19.3. The smallest absolute Gasteiger partial charge is 0.280 e. The third kappa shape index (κ3) is 4.84. The highest BCUT2D eigenvalue weighted by Crippen LogP contribution is 2.39. The lowest BCUT2D eigenvalue weighted by molar-refractivity contribution is 0.0523. The number of anilines is 1. The van der Waals surface area contributed by atoms with Crippen LogP contribution in [0, 0.1) is 12.7 Å². The molecule has 0 saturated heterocycles. The Bertz CT molecular complexity index is 1030. The van der Waals surface area contributed by atoms with Gasteiger partial charge in [0.15, 0.2) is 0 Å². The Balaban J connectivity index is 2.25. The van der Waals surface area contributed by atoms with Crippen molar-refractivity contribution in [2.75, 3.05) is 18.9 Å². The second kappa shape index (κ2) is 9.06. The van der Waals surface area contributed by atoms with Gasteiger partial charge in [-0.25, -0.2) is 18.2 Å². The summed E-state index contributed by atoms with van der Waals surface area (Å²) in [6.07, 6.45) is -4.01. The minimum atomic E-state index is -2.81. The zero-order valence-electron chi connectivity index (χ0n) is 15.9. The van der Waals surface area contributed by atoms with Crippen LogP contribution in [0.4, 0.5) is 19.1 Å². The van der Waals surface area contributed by atoms with Crippen molar-refractivity contribution in [1.29, 1.82) is 0 Å². The van der Waals surface area contributed by atoms with Gasteiger partial charge in [-0.05, 0) is 48.9 Å². The maximum atomic E-state index is 13.4. The number of hydrogen-bond acceptors (Lipinski definition) is 7. The van der Waals surface area contributed by atoms with Gasteiger partial charge >= 0.3 is 0 Å². The molecule has 30 heavy (non-hydrogen) atoms. The molecule has 0 saturated carbocycles. The average Bonchev–Trinajstić information content (AvgIpc) is 2.71. The van der Waals surface area contributed by atoms with Gasteiger partial charge in [-0.3, -0.25) is 4.98 Å². The van der Waals surface area contributed by atoms with Crippen molar-refractivity contribution < 1.29 is 28.1 Å². The average molecular weight is 420 g/mol. The largest absolute Gasteiger partial charge is 0.474 e. The summed E-state index contributed by atoms with van der Waals surface area (Å²) in [5.41, 5.74) is 6.84. The van der Waals surface area contributed by atoms with Gasteiger partial charge in [0.2, 0.25) is 11.8 Å². The molecule has 158 valence electrons. The Morgan fingerprint density at radius 3 is 2.40 bits per heavy atom. The monoisotopic (exact) mass is 420 g/mol. The van der Waals surface area contributed by atoms with E-state index in [1.807, 2.05) is 0 Å². The third-order valence-electron chi connectivity index (χ3n) is 4.12. The number of pyridine rings is 1. The first-order valence-electron chi connectivity index (χ1n) is 8.90. The predicted molar refractivity (Wildman–Crippen MR) is 103 cm³/mol. The van der Waals surface area contributed by atoms with Crippen molar-refractivity contribution in [3.8, 4) is 28.3 Å². The standard InChI is InChI=1S/C20H19F3N4O3/c1-10-6-12(7-15(25-10)18(22)23)16-17(11-2-4-13(21)5-3-11)26-20(24)27-19(16)30-9-14(29)8-28/h2-7,14,18,28-29H,8-9H2,1H3,(H2,24,26,27)/t14-/m0/s1. The fourth-order valence-electron chi connectivity index (χ4n) is 2.82. The van der Waals surface area contributed by atoms with Gasteiger partial charge in [0.25, 0.3) is 6.43 Å². The van der Waals surface area contributed by atoms with Gasteiger partial charge in [0.05, 0.1) is 17.9 Å². The fraction of sp³-hybridized carbons (Fsp3) is 0.250. The van der Waals surface area contributed by atoms with Crippen LogP contribution < -0.4 is 10.5 Å². The summed E-state index contributed by atoms with van der Waals surface area (Å²) in [7, 11) is 0. The molecule has 4 N–H and O–H groups in total. The van der Waals surface area contributed by atoms with Crippen LogP contribution in [0.5, 0.6) is 5.88 Å². The molecule has 0 fully saturated rings. The number of aromatic nitrogens is 3. The van der Waals surface area contributed by atoms with Gasteiger partial charge in [-0.1, -0.05) is 0 Å². The van der Waals surface area contributed by atoms with Crippen molar-refractivity contribution in [3.05, 3.63) is 53.6 Å². The number of aliphatic hydroxyl groups excluding tert-OH is 2. The molecule has 3 rings (SSSR count). The van der Waals surface area contributed by atoms with Crippen LogP contribution in [0.1, 0.15) is 17.8 Å². The van der Waals surface area contributed by atoms with E-state index >= 15 is 0 Å². The molecule has 0 bridgehead atoms. The Morgan fingerprint density at radius 2 is 1.77 bits per heavy atom. The quantitative estimate of drug-likeness (QED) is 0.538. The van der Waals surface area contributed by atoms with Gasteiger partial charge in [0.1, 0.15) is 24.2 Å². The van der Waals surface area contributed by atoms with Crippen molar-refractivity contribution in [2.24, 2.45) is 0 Å². The molecule has 10 heteroatoms. The van der Waals surface area contributed by atoms with Crippen LogP contribution in [-0.4, -0.2) is 44.5 Å². The number of nitrogens with zero attached hydrogens (tertiary/aromatic N) is 3. The minimum absolute atomic E-state index is 0.0832. The van der Waals surface area contributed by atoms with E-state index in [2.05, 4.69) is 15.0 Å². The second-order valence-corrected chi connectivity index (χ2v) is 6.49. The molecule has 1 aromatic carbocycles. The van der Waals surface area contributed by atoms with Gasteiger partial charge in [-0.2, -0.15) is 4.98 Å². The van der Waals surface area contributed by atoms with E-state index in [1.54, 1.807) is 13.0 Å². The molecule has 3 aromatic rings. The Kier molecular flexibility index (Phi) is 6.48. The van der Waals surface area contributed by atoms with Gasteiger partial charge in [-0.15, -0.1) is 0 Å². The van der Waals surface area contributed by atoms with Crippen LogP contribution in [0.2, 0.25) is 0 Å². The molecule has 0 aliphatic carbocycles. The van der Waals surface area contributed by atoms with E-state index in [9.17, 15) is 18.3 Å². The Morgan fingerprint density at radius 1 is 1.07 bits per heavy atom. The summed E-state index contributed by atoms with van der Waals surface area (Å²) >= 11 is 0. The highest BCUT2D eigenvalue weighted by Gasteiger charge is 2.22. The van der Waals surface area contributed by atoms with Gasteiger partial charge < -0.3 is 20.7 Å². The third-order valence-corrected chi connectivity index (χ3v) is 4.12. The number of halogens is 3. The normalized spacial score (nSPS) is 12.2. The second-order valence-electron chi connectivity index (χ2n) is 6.49. The number of nitrogen functional groups attached to an aromatic ring is 1. The molecule has 0 unspecified atom stereocenters. The number of alkyl halides is 2. The lowest BCUT2D eigenvalue weighted by atomic mass is 9.99. The number of nitrogens with two attached hydrogens (primary N) is 1. The zero-order chi connectivity index (χ0) is 21.8. The summed E-state index contributed by atoms with van der Waals surface area (Å²) in [6.45, 7) is 0.681. The number of aliphatic hydroxyl groups is 2. The maximum Gasteiger partial charge on any atom is 0.280 e. The van der Waals surface area contributed by atoms with Crippen LogP contribution in [0.15, 0.2) is 36.4 Å². The molecule has 0 amide bonds. The van der Waals surface area contributed by atoms with Crippen molar-refractivity contribution in [2.45, 2.75) is 19.5 Å². The number of aryl methyl sites for hydroxylation is 1. The van der Waals surface area contributed by atoms with Crippen LogP contribution in [-0.2, 0) is 0 Å². The molecular weight excluding hydrogens is 401 g/mol. The number of rotatable bonds is 7. The van der Waals surface area contributed by atoms with Crippen molar-refractivity contribution >= 4 is 5.95 Å². The predicted octanol–water partition coefficient (Wildman–Crippen LogP) is 2.90. The van der Waals surface area contributed by atoms with Crippen molar-refractivity contribution in [3.63, 3.8) is 0 Å². The highest BCUT2D eigenvalue weighted by molar-refractivity contribution is 5.85. The van der Waals surface area contributed by atoms with Crippen molar-refractivity contribution in [1.82, 2.24) is 15.0 Å². The van der Waals surface area contributed by atoms with E-state index in [0.717, 1.165) is 0 Å². The Hall–Kier alpha value is -3.24. The molecule has 2 aromatic heterocycles. The summed E-state index contributed by atoms with van der Waals surface area (Å²) in [5.74, 6) is -0.726. The van der Waals surface area contributed by atoms with E-state index in [-0.39, 0.29) is 35.3 Å². The molecule has 2 heterocycles. The first-order chi connectivity index (χ1) is 14.3. The number of benzene rings is 1. The fourth-order valence-corrected chi connectivity index (χ4v) is 2.82. The summed E-state index contributed by atoms with van der Waals surface area (Å²) in [4.78, 5) is 12.1. The van der Waals surface area contributed by atoms with E-state index in [4.69, 9.17) is 15.6 Å². The molecular formula is C20H19F3N4O3. The molecule has 0 spiro atoms. The lowest BCUT2D eigenvalue weighted by Gasteiger charge is -2.17. The zero-order valence-corrected chi connectivity index (χ0v) is 15.9. The minimum Gasteiger partial charge on any atom is -0.474 e. The molecule has 7 nitrogen and oxygen atoms in total.